The van der Waals surface area contributed by atoms with E-state index in [9.17, 15) is 61.9 Å². The number of imidazole rings is 4. The number of aryl methyl sites for hydroxylation is 4. The molecule has 27 heteroatoms. The van der Waals surface area contributed by atoms with Gasteiger partial charge in [0, 0.05) is 70.0 Å². The number of anilines is 2. The predicted octanol–water partition coefficient (Wildman–Crippen LogP) is 14.0. The minimum atomic E-state index is -4.61. The molecular weight excluding hydrogens is 1120 g/mol. The minimum absolute atomic E-state index is 0. The van der Waals surface area contributed by atoms with Crippen LogP contribution in [0.5, 0.6) is 0 Å². The largest absolute Gasteiger partial charge is 0.416 e. The summed E-state index contributed by atoms with van der Waals surface area (Å²) in [7, 11) is 0. The molecule has 0 saturated carbocycles. The Morgan fingerprint density at radius 3 is 1.31 bits per heavy atom. The molecule has 0 radical (unpaired) electrons. The number of aromatic nitrogens is 8. The molecule has 4 aromatic carbocycles. The second-order valence-corrected chi connectivity index (χ2v) is 15.0. The Balaban J connectivity index is 0.000000251. The number of nitrogens with one attached hydrogen (secondary N) is 2. The van der Waals surface area contributed by atoms with Crippen LogP contribution in [0.4, 0.5) is 79.8 Å². The van der Waals surface area contributed by atoms with E-state index in [1.165, 1.54) is 50.9 Å². The van der Waals surface area contributed by atoms with Crippen LogP contribution in [0.15, 0.2) is 123 Å². The highest BCUT2D eigenvalue weighted by atomic mass is 127. The number of halogens is 14. The van der Waals surface area contributed by atoms with E-state index in [0.29, 0.717) is 35.6 Å². The molecule has 13 nitrogen and oxygen atoms in total. The van der Waals surface area contributed by atoms with Crippen LogP contribution in [0.3, 0.4) is 0 Å². The molecule has 4 N–H and O–H groups in total. The molecular formula is C47H38F13IN12O. The molecule has 1 amide bonds. The Labute approximate surface area is 429 Å². The number of carbonyl (C=O) groups excluding carboxylic acids is 1. The van der Waals surface area contributed by atoms with E-state index in [1.54, 1.807) is 51.9 Å². The first-order chi connectivity index (χ1) is 34.0. The van der Waals surface area contributed by atoms with Crippen LogP contribution in [0, 0.1) is 46.7 Å². The van der Waals surface area contributed by atoms with Crippen LogP contribution in [-0.4, -0.2) is 45.0 Å². The molecule has 0 spiro atoms. The summed E-state index contributed by atoms with van der Waals surface area (Å²) in [5, 5.41) is 2.22. The van der Waals surface area contributed by atoms with Gasteiger partial charge in [0.15, 0.2) is 11.4 Å². The molecule has 0 saturated heterocycles. The van der Waals surface area contributed by atoms with Crippen LogP contribution in [-0.2, 0) is 29.5 Å². The van der Waals surface area contributed by atoms with Gasteiger partial charge < -0.3 is 29.7 Å². The van der Waals surface area contributed by atoms with Gasteiger partial charge in [0.05, 0.1) is 66.7 Å². The van der Waals surface area contributed by atoms with E-state index in [-0.39, 0.29) is 58.1 Å². The SMILES string of the molecule is Cc1cn(-c2cc(N)cc(C(F)(F)F)c2)cn1.Cc1cn(-c2cc(NC=O)cc(C(F)(F)F)c2)cn1.Cc1cnc[nH]1.I.[C-]#[N+]c1cc(-n2cnc(C)c2)cc(C(F)(F)F)c1.[C-]#[N+]c1cc(F)cc(C(F)(F)F)c1. The average Bonchev–Trinajstić information content (AvgIpc) is 4.16. The fraction of sp³-hybridized carbons (Fsp3) is 0.170. The molecule has 0 unspecified atom stereocenters. The van der Waals surface area contributed by atoms with Crippen molar-refractivity contribution in [2.45, 2.75) is 52.4 Å². The van der Waals surface area contributed by atoms with Gasteiger partial charge in [-0.05, 0) is 100 Å². The number of rotatable bonds is 5. The lowest BCUT2D eigenvalue weighted by molar-refractivity contribution is -0.138. The minimum Gasteiger partial charge on any atom is -0.399 e. The van der Waals surface area contributed by atoms with Crippen molar-refractivity contribution in [3.05, 3.63) is 197 Å². The molecule has 0 aliphatic rings. The highest BCUT2D eigenvalue weighted by molar-refractivity contribution is 14.0. The van der Waals surface area contributed by atoms with Crippen LogP contribution < -0.4 is 11.1 Å². The highest BCUT2D eigenvalue weighted by Crippen LogP contribution is 2.36. The van der Waals surface area contributed by atoms with Crippen molar-refractivity contribution in [2.75, 3.05) is 11.1 Å². The Morgan fingerprint density at radius 1 is 0.568 bits per heavy atom. The van der Waals surface area contributed by atoms with Crippen molar-refractivity contribution in [3.8, 4) is 17.1 Å². The van der Waals surface area contributed by atoms with Gasteiger partial charge in [-0.15, -0.1) is 24.0 Å². The predicted molar refractivity (Wildman–Crippen MR) is 257 cm³/mol. The van der Waals surface area contributed by atoms with Gasteiger partial charge in [0.2, 0.25) is 6.41 Å². The quantitative estimate of drug-likeness (QED) is 0.0514. The Bertz CT molecular complexity index is 3190. The average molecular weight is 1160 g/mol. The van der Waals surface area contributed by atoms with Crippen LogP contribution in [0.25, 0.3) is 26.8 Å². The lowest BCUT2D eigenvalue weighted by Crippen LogP contribution is -2.08. The number of aromatic amines is 1. The third-order valence-electron chi connectivity index (χ3n) is 9.10. The monoisotopic (exact) mass is 1160 g/mol. The van der Waals surface area contributed by atoms with Crippen LogP contribution in [0.2, 0.25) is 0 Å². The van der Waals surface area contributed by atoms with Gasteiger partial charge >= 0.3 is 24.7 Å². The summed E-state index contributed by atoms with van der Waals surface area (Å²) in [6.07, 6.45) is -5.08. The van der Waals surface area contributed by atoms with E-state index in [1.807, 2.05) is 6.92 Å². The van der Waals surface area contributed by atoms with Crippen molar-refractivity contribution < 1.29 is 61.9 Å². The summed E-state index contributed by atoms with van der Waals surface area (Å²) in [6, 6.07) is 11.7. The maximum atomic E-state index is 12.8. The third kappa shape index (κ3) is 18.4. The summed E-state index contributed by atoms with van der Waals surface area (Å²) in [5.41, 5.74) is 5.74. The van der Waals surface area contributed by atoms with Crippen molar-refractivity contribution in [2.24, 2.45) is 0 Å². The normalized spacial score (nSPS) is 11.0. The van der Waals surface area contributed by atoms with E-state index in [0.717, 1.165) is 53.9 Å². The van der Waals surface area contributed by atoms with Crippen molar-refractivity contribution in [1.82, 2.24) is 38.6 Å². The summed E-state index contributed by atoms with van der Waals surface area (Å²) in [4.78, 5) is 34.7. The number of nitrogens with two attached hydrogens (primary N) is 1. The number of hydrogen-bond acceptors (Lipinski definition) is 6. The van der Waals surface area contributed by atoms with E-state index < -0.39 is 52.8 Å². The number of hydrogen-bond donors (Lipinski definition) is 3. The molecule has 4 heterocycles. The second kappa shape index (κ2) is 25.4. The molecule has 8 aromatic rings. The Kier molecular flexibility index (Phi) is 20.7. The zero-order valence-electron chi connectivity index (χ0n) is 38.5. The lowest BCUT2D eigenvalue weighted by atomic mass is 10.1. The molecule has 0 atom stereocenters. The van der Waals surface area contributed by atoms with Crippen molar-refractivity contribution in [3.63, 3.8) is 0 Å². The Hall–Kier alpha value is -8.21. The zero-order valence-corrected chi connectivity index (χ0v) is 40.8. The molecule has 4 aromatic heterocycles. The number of nitrogen functional groups attached to an aromatic ring is 1. The first-order valence-corrected chi connectivity index (χ1v) is 20.2. The maximum absolute atomic E-state index is 12.8. The smallest absolute Gasteiger partial charge is 0.399 e. The topological polar surface area (TPSA) is 146 Å². The van der Waals surface area contributed by atoms with Crippen LogP contribution >= 0.6 is 24.0 Å². The molecule has 74 heavy (non-hydrogen) atoms. The molecule has 390 valence electrons. The van der Waals surface area contributed by atoms with Gasteiger partial charge in [-0.1, -0.05) is 0 Å². The number of H-pyrrole nitrogens is 1. The molecule has 0 bridgehead atoms. The third-order valence-corrected chi connectivity index (χ3v) is 9.10. The Morgan fingerprint density at radius 2 is 0.959 bits per heavy atom. The van der Waals surface area contributed by atoms with Gasteiger partial charge in [-0.25, -0.2) is 34.0 Å². The fourth-order valence-electron chi connectivity index (χ4n) is 5.81. The fourth-order valence-corrected chi connectivity index (χ4v) is 5.81. The summed E-state index contributed by atoms with van der Waals surface area (Å²) in [6.45, 7) is 20.5. The lowest BCUT2D eigenvalue weighted by Gasteiger charge is -2.12. The van der Waals surface area contributed by atoms with Crippen molar-refractivity contribution >= 4 is 53.1 Å². The number of amides is 1. The second-order valence-electron chi connectivity index (χ2n) is 15.0. The maximum Gasteiger partial charge on any atom is 0.416 e. The molecule has 0 aliphatic heterocycles. The first-order valence-electron chi connectivity index (χ1n) is 20.2. The summed E-state index contributed by atoms with van der Waals surface area (Å²) in [5.74, 6) is -1.05. The van der Waals surface area contributed by atoms with E-state index in [2.05, 4.69) is 39.9 Å². The molecule has 8 rings (SSSR count). The highest BCUT2D eigenvalue weighted by Gasteiger charge is 2.34. The number of carbonyl (C=O) groups is 1. The van der Waals surface area contributed by atoms with E-state index in [4.69, 9.17) is 18.9 Å². The van der Waals surface area contributed by atoms with Gasteiger partial charge in [0.25, 0.3) is 0 Å². The van der Waals surface area contributed by atoms with Gasteiger partial charge in [-0.2, -0.15) is 52.7 Å². The van der Waals surface area contributed by atoms with E-state index >= 15 is 0 Å². The number of alkyl halides is 12. The molecule has 0 fully saturated rings. The number of benzene rings is 4. The standard InChI is InChI=1S/C12H10F3N3O.C12H8F3N3.C11H10F3N3.C8H3F4N.C4H6N2.HI/c1-8-5-18(6-16-8)11-3-9(12(13,14)15)2-10(4-11)17-7-19;1-8-6-18(7-17-8)11-4-9(12(13,14)15)3-10(5-11)16-2;1-7-5-17(6-16-7)10-3-8(11(12,13)14)2-9(15)4-10;1-13-7-3-5(8(10,11)12)2-6(9)4-7;1-4-2-5-3-6-4;/h2-7H,1H3,(H,17,19);3-7H,1H3;2-6H,15H2,1H3;2-4H;2-3H,1H3,(H,5,6);1H. The summed E-state index contributed by atoms with van der Waals surface area (Å²) < 4.78 is 167. The van der Waals surface area contributed by atoms with Crippen molar-refractivity contribution in [1.29, 1.82) is 0 Å². The summed E-state index contributed by atoms with van der Waals surface area (Å²) >= 11 is 0. The van der Waals surface area contributed by atoms with Gasteiger partial charge in [-0.3, -0.25) is 4.79 Å². The molecule has 0 aliphatic carbocycles. The number of nitrogens with zero attached hydrogens (tertiary/aromatic N) is 9. The zero-order chi connectivity index (χ0) is 54.5. The van der Waals surface area contributed by atoms with Gasteiger partial charge in [0.1, 0.15) is 5.82 Å². The first kappa shape index (κ1) is 60.1. The van der Waals surface area contributed by atoms with Crippen LogP contribution in [0.1, 0.15) is 45.0 Å².